The average Bonchev–Trinajstić information content (AvgIpc) is 2.03. The fourth-order valence-corrected chi connectivity index (χ4v) is 4.55. The fraction of sp³-hybridized carbons (Fsp3) is 1.00. The van der Waals surface area contributed by atoms with E-state index in [0.29, 0.717) is 19.9 Å². The molecule has 0 aromatic rings. The maximum Gasteiger partial charge on any atom is 0.389 e. The minimum absolute atomic E-state index is 0.436. The van der Waals surface area contributed by atoms with Gasteiger partial charge in [0.15, 0.2) is 0 Å². The lowest BCUT2D eigenvalue weighted by Crippen LogP contribution is -2.01. The molecule has 0 radical (unpaired) electrons. The lowest BCUT2D eigenvalue weighted by molar-refractivity contribution is 0.237. The Morgan fingerprint density at radius 2 is 1.71 bits per heavy atom. The van der Waals surface area contributed by atoms with Crippen LogP contribution in [0.1, 0.15) is 13.8 Å². The van der Waals surface area contributed by atoms with Crippen LogP contribution in [0.5, 0.6) is 0 Å². The molecule has 0 aromatic carbocycles. The Labute approximate surface area is 91.7 Å². The molecule has 0 bridgehead atoms. The largest absolute Gasteiger partial charge is 0.389 e. The van der Waals surface area contributed by atoms with Gasteiger partial charge in [0.25, 0.3) is 0 Å². The van der Waals surface area contributed by atoms with Gasteiger partial charge in [-0.2, -0.15) is 0 Å². The van der Waals surface area contributed by atoms with E-state index in [1.165, 1.54) is 11.4 Å². The minimum Gasteiger partial charge on any atom is -0.301 e. The molecule has 0 rings (SSSR count). The van der Waals surface area contributed by atoms with Crippen LogP contribution < -0.4 is 0 Å². The smallest absolute Gasteiger partial charge is 0.301 e. The van der Waals surface area contributed by atoms with Crippen LogP contribution >= 0.6 is 18.2 Å². The zero-order valence-electron chi connectivity index (χ0n) is 9.49. The van der Waals surface area contributed by atoms with Crippen molar-refractivity contribution < 1.29 is 13.6 Å². The summed E-state index contributed by atoms with van der Waals surface area (Å²) in [6.07, 6.45) is 1.04. The van der Waals surface area contributed by atoms with Gasteiger partial charge in [0.2, 0.25) is 0 Å². The molecular weight excluding hydrogens is 218 g/mol. The lowest BCUT2D eigenvalue weighted by Gasteiger charge is -2.15. The molecule has 0 aliphatic heterocycles. The van der Waals surface area contributed by atoms with Gasteiger partial charge >= 0.3 is 6.80 Å². The quantitative estimate of drug-likeness (QED) is 0.477. The average molecular weight is 238 g/mol. The first kappa shape index (κ1) is 14.6. The summed E-state index contributed by atoms with van der Waals surface area (Å²) in [7, 11) is 0. The second-order valence-electron chi connectivity index (χ2n) is 3.30. The van der Waals surface area contributed by atoms with Gasteiger partial charge in [-0.3, -0.25) is 0 Å². The molecule has 14 heavy (non-hydrogen) atoms. The van der Waals surface area contributed by atoms with Crippen molar-refractivity contribution in [2.24, 2.45) is 0 Å². The molecule has 0 heterocycles. The van der Waals surface area contributed by atoms with Crippen LogP contribution in [0.25, 0.3) is 0 Å². The van der Waals surface area contributed by atoms with Crippen LogP contribution in [0.3, 0.4) is 0 Å². The molecule has 0 fully saturated rings. The highest BCUT2D eigenvalue weighted by molar-refractivity contribution is 8.55. The van der Waals surface area contributed by atoms with Gasteiger partial charge in [-0.25, -0.2) is 4.57 Å². The maximum atomic E-state index is 11.9. The van der Waals surface area contributed by atoms with Crippen LogP contribution in [0, 0.1) is 0 Å². The molecule has 0 aliphatic carbocycles. The van der Waals surface area contributed by atoms with Crippen LogP contribution in [0.2, 0.25) is 20.0 Å². The molecule has 0 aliphatic rings. The predicted octanol–water partition coefficient (Wildman–Crippen LogP) is 3.66. The molecular formula is C8H20BO3PS. The van der Waals surface area contributed by atoms with E-state index in [0.717, 1.165) is 12.1 Å². The topological polar surface area (TPSA) is 35.5 Å². The zero-order valence-corrected chi connectivity index (χ0v) is 11.2. The summed E-state index contributed by atoms with van der Waals surface area (Å²) < 4.78 is 22.2. The minimum atomic E-state index is -2.86. The Morgan fingerprint density at radius 1 is 1.21 bits per heavy atom. The van der Waals surface area contributed by atoms with Crippen molar-refractivity contribution in [2.75, 3.05) is 19.0 Å². The Balaban J connectivity index is 3.90. The van der Waals surface area contributed by atoms with E-state index in [-0.39, 0.29) is 0 Å². The van der Waals surface area contributed by atoms with E-state index in [2.05, 4.69) is 13.6 Å². The first-order valence-corrected chi connectivity index (χ1v) is 8.21. The standard InChI is InChI=1S/C8H20BO3PS/c1-5-11-13(10,12-6-2)14-8-7-9(3)4/h5-8H2,1-4H3. The Bertz CT molecular complexity index is 179. The van der Waals surface area contributed by atoms with E-state index in [9.17, 15) is 4.57 Å². The Kier molecular flexibility index (Phi) is 8.12. The van der Waals surface area contributed by atoms with Gasteiger partial charge in [-0.05, 0) is 31.0 Å². The first-order valence-electron chi connectivity index (χ1n) is 5.07. The van der Waals surface area contributed by atoms with Gasteiger partial charge in [-0.1, -0.05) is 20.0 Å². The van der Waals surface area contributed by atoms with E-state index in [1.807, 2.05) is 13.8 Å². The molecule has 84 valence electrons. The summed E-state index contributed by atoms with van der Waals surface area (Å²) in [5.41, 5.74) is 0. The van der Waals surface area contributed by atoms with Crippen molar-refractivity contribution in [3.05, 3.63) is 0 Å². The maximum absolute atomic E-state index is 11.9. The van der Waals surface area contributed by atoms with Crippen molar-refractivity contribution in [1.29, 1.82) is 0 Å². The van der Waals surface area contributed by atoms with Gasteiger partial charge in [0.1, 0.15) is 6.71 Å². The number of hydrogen-bond acceptors (Lipinski definition) is 4. The Hall–Kier alpha value is 0.565. The highest BCUT2D eigenvalue weighted by Crippen LogP contribution is 2.60. The highest BCUT2D eigenvalue weighted by atomic mass is 32.7. The van der Waals surface area contributed by atoms with Crippen LogP contribution in [0.15, 0.2) is 0 Å². The van der Waals surface area contributed by atoms with Gasteiger partial charge in [0, 0.05) is 0 Å². The van der Waals surface area contributed by atoms with Crippen LogP contribution in [-0.4, -0.2) is 25.7 Å². The van der Waals surface area contributed by atoms with Crippen molar-refractivity contribution in [3.8, 4) is 0 Å². The SMILES string of the molecule is CCOP(=O)(OCC)SCCB(C)C. The molecule has 0 unspecified atom stereocenters. The van der Waals surface area contributed by atoms with Crippen molar-refractivity contribution in [3.63, 3.8) is 0 Å². The first-order chi connectivity index (χ1) is 6.54. The fourth-order valence-electron chi connectivity index (χ4n) is 0.828. The molecule has 0 saturated heterocycles. The lowest BCUT2D eigenvalue weighted by atomic mass is 9.53. The van der Waals surface area contributed by atoms with E-state index < -0.39 is 6.80 Å². The second-order valence-corrected chi connectivity index (χ2v) is 7.49. The summed E-state index contributed by atoms with van der Waals surface area (Å²) in [6.45, 7) is 6.59. The Morgan fingerprint density at radius 3 is 2.07 bits per heavy atom. The second kappa shape index (κ2) is 7.80. The van der Waals surface area contributed by atoms with Crippen molar-refractivity contribution >= 4 is 24.9 Å². The summed E-state index contributed by atoms with van der Waals surface area (Å²) in [4.78, 5) is 0. The third-order valence-electron chi connectivity index (χ3n) is 1.52. The number of rotatable bonds is 8. The van der Waals surface area contributed by atoms with Gasteiger partial charge < -0.3 is 9.05 Å². The molecule has 3 nitrogen and oxygen atoms in total. The van der Waals surface area contributed by atoms with Crippen molar-refractivity contribution in [2.45, 2.75) is 33.8 Å². The molecule has 0 spiro atoms. The summed E-state index contributed by atoms with van der Waals surface area (Å²) in [5, 5.41) is 0. The van der Waals surface area contributed by atoms with Crippen molar-refractivity contribution in [1.82, 2.24) is 0 Å². The summed E-state index contributed by atoms with van der Waals surface area (Å²) in [6, 6.07) is 0. The third-order valence-corrected chi connectivity index (χ3v) is 5.53. The normalized spacial score (nSPS) is 11.7. The van der Waals surface area contributed by atoms with E-state index in [1.54, 1.807) is 0 Å². The molecule has 0 atom stereocenters. The molecule has 6 heteroatoms. The van der Waals surface area contributed by atoms with Gasteiger partial charge in [-0.15, -0.1) is 0 Å². The predicted molar refractivity (Wildman–Crippen MR) is 65.6 cm³/mol. The summed E-state index contributed by atoms with van der Waals surface area (Å²) in [5.74, 6) is 0.828. The van der Waals surface area contributed by atoms with E-state index >= 15 is 0 Å². The van der Waals surface area contributed by atoms with Crippen LogP contribution in [-0.2, 0) is 13.6 Å². The molecule has 0 amide bonds. The van der Waals surface area contributed by atoms with Gasteiger partial charge in [0.05, 0.1) is 13.2 Å². The molecule has 0 saturated carbocycles. The number of hydrogen-bond donors (Lipinski definition) is 0. The monoisotopic (exact) mass is 238 g/mol. The molecule has 0 N–H and O–H groups in total. The van der Waals surface area contributed by atoms with E-state index in [4.69, 9.17) is 9.05 Å². The zero-order chi connectivity index (χ0) is 11.0. The highest BCUT2D eigenvalue weighted by Gasteiger charge is 2.24. The summed E-state index contributed by atoms with van der Waals surface area (Å²) >= 11 is 1.31. The third kappa shape index (κ3) is 6.94. The van der Waals surface area contributed by atoms with Crippen LogP contribution in [0.4, 0.5) is 0 Å². The molecule has 0 aromatic heterocycles.